The van der Waals surface area contributed by atoms with Crippen LogP contribution in [0.15, 0.2) is 22.5 Å². The molecule has 2 heterocycles. The van der Waals surface area contributed by atoms with Crippen molar-refractivity contribution in [3.63, 3.8) is 0 Å². The minimum absolute atomic E-state index is 0.0667. The Kier molecular flexibility index (Phi) is 9.58. The Morgan fingerprint density at radius 3 is 2.78 bits per heavy atom. The first-order valence-electron chi connectivity index (χ1n) is 9.73. The standard InChI is InChI=1S/C19H33N5O2S/c1-4-15(2)23-18(25)7-8-21-19(20-3)22-14-16(17-6-5-13-27-17)24-9-11-26-12-10-24/h5-6,13,15-16H,4,7-12,14H2,1-3H3,(H,23,25)(H2,20,21,22). The fourth-order valence-electron chi connectivity index (χ4n) is 2.94. The lowest BCUT2D eigenvalue weighted by molar-refractivity contribution is -0.121. The van der Waals surface area contributed by atoms with E-state index in [1.807, 2.05) is 6.92 Å². The number of hydrogen-bond donors (Lipinski definition) is 3. The number of guanidine groups is 1. The van der Waals surface area contributed by atoms with Crippen molar-refractivity contribution in [2.24, 2.45) is 4.99 Å². The van der Waals surface area contributed by atoms with E-state index in [4.69, 9.17) is 4.74 Å². The van der Waals surface area contributed by atoms with Gasteiger partial charge in [-0.25, -0.2) is 0 Å². The van der Waals surface area contributed by atoms with Crippen molar-refractivity contribution in [1.82, 2.24) is 20.9 Å². The van der Waals surface area contributed by atoms with E-state index in [-0.39, 0.29) is 11.9 Å². The van der Waals surface area contributed by atoms with Crippen LogP contribution in [0, 0.1) is 0 Å². The molecule has 1 aromatic rings. The maximum Gasteiger partial charge on any atom is 0.221 e. The third kappa shape index (κ3) is 7.48. The second-order valence-corrected chi connectivity index (χ2v) is 7.67. The van der Waals surface area contributed by atoms with Crippen LogP contribution in [0.4, 0.5) is 0 Å². The largest absolute Gasteiger partial charge is 0.379 e. The van der Waals surface area contributed by atoms with E-state index in [2.05, 4.69) is 50.3 Å². The number of hydrogen-bond acceptors (Lipinski definition) is 5. The first-order valence-corrected chi connectivity index (χ1v) is 10.6. The molecular weight excluding hydrogens is 362 g/mol. The minimum atomic E-state index is 0.0667. The van der Waals surface area contributed by atoms with Crippen LogP contribution in [0.25, 0.3) is 0 Å². The Hall–Kier alpha value is -1.64. The zero-order valence-corrected chi connectivity index (χ0v) is 17.5. The summed E-state index contributed by atoms with van der Waals surface area (Å²) in [6.07, 6.45) is 1.37. The van der Waals surface area contributed by atoms with E-state index in [0.717, 1.165) is 45.2 Å². The number of nitrogens with one attached hydrogen (secondary N) is 3. The summed E-state index contributed by atoms with van der Waals surface area (Å²) in [5.41, 5.74) is 0. The van der Waals surface area contributed by atoms with Crippen LogP contribution in [-0.4, -0.2) is 69.2 Å². The van der Waals surface area contributed by atoms with Crippen molar-refractivity contribution in [3.8, 4) is 0 Å². The van der Waals surface area contributed by atoms with Gasteiger partial charge in [-0.3, -0.25) is 14.7 Å². The van der Waals surface area contributed by atoms with Gasteiger partial charge in [0.05, 0.1) is 19.3 Å². The maximum absolute atomic E-state index is 11.9. The molecule has 0 saturated carbocycles. The number of morpholine rings is 1. The van der Waals surface area contributed by atoms with Crippen LogP contribution in [0.3, 0.4) is 0 Å². The van der Waals surface area contributed by atoms with Gasteiger partial charge in [-0.2, -0.15) is 0 Å². The number of carbonyl (C=O) groups excluding carboxylic acids is 1. The molecule has 1 amide bonds. The van der Waals surface area contributed by atoms with Crippen LogP contribution in [-0.2, 0) is 9.53 Å². The number of amides is 1. The molecule has 0 radical (unpaired) electrons. The Bertz CT molecular complexity index is 573. The maximum atomic E-state index is 11.9. The Morgan fingerprint density at radius 1 is 1.37 bits per heavy atom. The molecule has 7 nitrogen and oxygen atoms in total. The van der Waals surface area contributed by atoms with Gasteiger partial charge in [-0.15, -0.1) is 11.3 Å². The molecule has 0 aliphatic carbocycles. The molecule has 1 saturated heterocycles. The van der Waals surface area contributed by atoms with E-state index in [1.54, 1.807) is 18.4 Å². The van der Waals surface area contributed by atoms with Crippen molar-refractivity contribution >= 4 is 23.2 Å². The summed E-state index contributed by atoms with van der Waals surface area (Å²) >= 11 is 1.78. The van der Waals surface area contributed by atoms with Crippen molar-refractivity contribution in [1.29, 1.82) is 0 Å². The van der Waals surface area contributed by atoms with E-state index in [0.29, 0.717) is 19.0 Å². The quantitative estimate of drug-likeness (QED) is 0.437. The molecule has 152 valence electrons. The fourth-order valence-corrected chi connectivity index (χ4v) is 3.80. The van der Waals surface area contributed by atoms with Gasteiger partial charge < -0.3 is 20.7 Å². The summed E-state index contributed by atoms with van der Waals surface area (Å²) in [5.74, 6) is 0.790. The normalized spacial score (nSPS) is 18.0. The minimum Gasteiger partial charge on any atom is -0.379 e. The molecule has 0 bridgehead atoms. The molecule has 0 spiro atoms. The van der Waals surface area contributed by atoms with E-state index >= 15 is 0 Å². The van der Waals surface area contributed by atoms with E-state index in [9.17, 15) is 4.79 Å². The third-order valence-electron chi connectivity index (χ3n) is 4.71. The summed E-state index contributed by atoms with van der Waals surface area (Å²) in [6.45, 7) is 8.83. The second-order valence-electron chi connectivity index (χ2n) is 6.69. The molecular formula is C19H33N5O2S. The van der Waals surface area contributed by atoms with Gasteiger partial charge in [-0.05, 0) is 24.8 Å². The molecule has 27 heavy (non-hydrogen) atoms. The van der Waals surface area contributed by atoms with E-state index < -0.39 is 0 Å². The molecule has 1 aliphatic heterocycles. The summed E-state index contributed by atoms with van der Waals surface area (Å²) in [7, 11) is 1.75. The molecule has 3 N–H and O–H groups in total. The van der Waals surface area contributed by atoms with Gasteiger partial charge in [0, 0.05) is 50.6 Å². The van der Waals surface area contributed by atoms with Crippen LogP contribution in [0.5, 0.6) is 0 Å². The van der Waals surface area contributed by atoms with Crippen LogP contribution >= 0.6 is 11.3 Å². The highest BCUT2D eigenvalue weighted by atomic mass is 32.1. The van der Waals surface area contributed by atoms with Crippen molar-refractivity contribution in [2.75, 3.05) is 46.4 Å². The predicted molar refractivity (Wildman–Crippen MR) is 111 cm³/mol. The topological polar surface area (TPSA) is 78.0 Å². The van der Waals surface area contributed by atoms with Crippen LogP contribution < -0.4 is 16.0 Å². The lowest BCUT2D eigenvalue weighted by atomic mass is 10.2. The van der Waals surface area contributed by atoms with Gasteiger partial charge in [0.1, 0.15) is 0 Å². The number of thiophene rings is 1. The van der Waals surface area contributed by atoms with Crippen molar-refractivity contribution in [2.45, 2.75) is 38.8 Å². The number of carbonyl (C=O) groups is 1. The number of rotatable bonds is 9. The monoisotopic (exact) mass is 395 g/mol. The molecule has 1 aliphatic rings. The van der Waals surface area contributed by atoms with Gasteiger partial charge in [0.25, 0.3) is 0 Å². The summed E-state index contributed by atoms with van der Waals surface area (Å²) in [5, 5.41) is 11.7. The van der Waals surface area contributed by atoms with Crippen LogP contribution in [0.2, 0.25) is 0 Å². The average molecular weight is 396 g/mol. The average Bonchev–Trinajstić information content (AvgIpc) is 3.22. The lowest BCUT2D eigenvalue weighted by Gasteiger charge is -2.34. The molecule has 1 aromatic heterocycles. The first-order chi connectivity index (χ1) is 13.1. The lowest BCUT2D eigenvalue weighted by Crippen LogP contribution is -2.46. The zero-order valence-electron chi connectivity index (χ0n) is 16.7. The summed E-state index contributed by atoms with van der Waals surface area (Å²) in [4.78, 5) is 20.0. The van der Waals surface area contributed by atoms with Gasteiger partial charge in [0.15, 0.2) is 5.96 Å². The smallest absolute Gasteiger partial charge is 0.221 e. The second kappa shape index (κ2) is 11.9. The first kappa shape index (κ1) is 21.7. The number of aliphatic imine (C=N–C) groups is 1. The van der Waals surface area contributed by atoms with E-state index in [1.165, 1.54) is 4.88 Å². The number of nitrogens with zero attached hydrogens (tertiary/aromatic N) is 2. The Labute approximate surface area is 166 Å². The number of ether oxygens (including phenoxy) is 1. The van der Waals surface area contributed by atoms with Crippen molar-refractivity contribution < 1.29 is 9.53 Å². The Balaban J connectivity index is 1.80. The van der Waals surface area contributed by atoms with Gasteiger partial charge in [-0.1, -0.05) is 13.0 Å². The molecule has 2 atom stereocenters. The molecule has 1 fully saturated rings. The summed E-state index contributed by atoms with van der Waals surface area (Å²) in [6, 6.07) is 4.79. The molecule has 2 rings (SSSR count). The third-order valence-corrected chi connectivity index (χ3v) is 5.68. The highest BCUT2D eigenvalue weighted by molar-refractivity contribution is 7.10. The summed E-state index contributed by atoms with van der Waals surface area (Å²) < 4.78 is 5.49. The van der Waals surface area contributed by atoms with Gasteiger partial charge in [0.2, 0.25) is 5.91 Å². The molecule has 0 aromatic carbocycles. The predicted octanol–water partition coefficient (Wildman–Crippen LogP) is 1.59. The molecule has 2 unspecified atom stereocenters. The van der Waals surface area contributed by atoms with Gasteiger partial charge >= 0.3 is 0 Å². The SMILES string of the molecule is CCC(C)NC(=O)CCNC(=NC)NCC(c1cccs1)N1CCOCC1. The highest BCUT2D eigenvalue weighted by Crippen LogP contribution is 2.25. The van der Waals surface area contributed by atoms with Crippen LogP contribution in [0.1, 0.15) is 37.6 Å². The fraction of sp³-hybridized carbons (Fsp3) is 0.684. The Morgan fingerprint density at radius 2 is 2.15 bits per heavy atom. The highest BCUT2D eigenvalue weighted by Gasteiger charge is 2.23. The van der Waals surface area contributed by atoms with Crippen molar-refractivity contribution in [3.05, 3.63) is 22.4 Å². The molecule has 8 heteroatoms. The zero-order chi connectivity index (χ0) is 19.5.